The van der Waals surface area contributed by atoms with Crippen LogP contribution in [0.15, 0.2) is 0 Å². The summed E-state index contributed by atoms with van der Waals surface area (Å²) >= 11 is 0. The van der Waals surface area contributed by atoms with E-state index in [4.69, 9.17) is 5.53 Å². The Balaban J connectivity index is 4.95. The average Bonchev–Trinajstić information content (AvgIpc) is 2.04. The van der Waals surface area contributed by atoms with Crippen LogP contribution in [0.1, 0.15) is 6.92 Å². The van der Waals surface area contributed by atoms with Gasteiger partial charge in [0.2, 0.25) is 0 Å². The molecule has 0 rings (SSSR count). The average molecular weight is 194 g/mol. The fraction of sp³-hybridized carbons (Fsp3) is 0.600. The second-order valence-corrected chi connectivity index (χ2v) is 4.45. The van der Waals surface area contributed by atoms with Gasteiger partial charge in [0.15, 0.2) is 0 Å². The van der Waals surface area contributed by atoms with Crippen LogP contribution in [0.5, 0.6) is 0 Å². The van der Waals surface area contributed by atoms with E-state index < -0.39 is 19.2 Å². The molecule has 0 aromatic carbocycles. The molecule has 1 N–H and O–H groups in total. The first-order valence-corrected chi connectivity index (χ1v) is 4.84. The van der Waals surface area contributed by atoms with Crippen LogP contribution in [-0.4, -0.2) is 35.1 Å². The van der Waals surface area contributed by atoms with Gasteiger partial charge in [-0.05, 0) is 0 Å². The summed E-state index contributed by atoms with van der Waals surface area (Å²) in [4.78, 5) is 22.8. The Morgan fingerprint density at radius 3 is 2.00 bits per heavy atom. The van der Waals surface area contributed by atoms with Crippen molar-refractivity contribution in [2.24, 2.45) is 0 Å². The number of carbonyl (C=O) groups is 1. The Labute approximate surface area is 70.3 Å². The molecule has 0 atom stereocenters. The molecule has 7 heteroatoms. The molecule has 0 bridgehead atoms. The predicted molar refractivity (Wildman–Crippen MR) is 43.9 cm³/mol. The van der Waals surface area contributed by atoms with Crippen LogP contribution < -0.4 is 0 Å². The number of rotatable bonds is 4. The fourth-order valence-corrected chi connectivity index (χ4v) is 1.76. The fourth-order valence-electron chi connectivity index (χ4n) is 0.633. The van der Waals surface area contributed by atoms with Crippen molar-refractivity contribution in [1.29, 1.82) is 0 Å². The predicted octanol–water partition coefficient (Wildman–Crippen LogP) is -0.0163. The second kappa shape index (κ2) is 4.40. The minimum atomic E-state index is -3.74. The monoisotopic (exact) mass is 194 g/mol. The topological polar surface area (TPSA) is 92.2 Å². The molecule has 0 spiro atoms. The molecule has 0 aliphatic carbocycles. The van der Waals surface area contributed by atoms with E-state index >= 15 is 0 Å². The Bertz CT molecular complexity index is 232. The molecular formula is C5H11N2O4P. The first-order chi connectivity index (χ1) is 5.51. The molecular weight excluding hydrogens is 183 g/mol. The molecule has 0 aliphatic heterocycles. The van der Waals surface area contributed by atoms with Crippen LogP contribution in [-0.2, 0) is 13.8 Å². The van der Waals surface area contributed by atoms with Gasteiger partial charge in [0.05, 0.1) is 0 Å². The summed E-state index contributed by atoms with van der Waals surface area (Å²) in [5.41, 5.74) is 7.91. The Morgan fingerprint density at radius 1 is 1.50 bits per heavy atom. The van der Waals surface area contributed by atoms with Gasteiger partial charge in [0.1, 0.15) is 0 Å². The Hall–Kier alpha value is -0.640. The maximum atomic E-state index is 10.8. The van der Waals surface area contributed by atoms with Gasteiger partial charge in [-0.1, -0.05) is 0 Å². The van der Waals surface area contributed by atoms with Crippen LogP contribution in [0.3, 0.4) is 0 Å². The molecule has 0 aromatic heterocycles. The van der Waals surface area contributed by atoms with Crippen LogP contribution in [0.25, 0.3) is 5.53 Å². The van der Waals surface area contributed by atoms with Crippen molar-refractivity contribution < 1.29 is 23.5 Å². The number of ketones is 1. The Kier molecular flexibility index (Phi) is 4.17. The zero-order valence-corrected chi connectivity index (χ0v) is 8.07. The van der Waals surface area contributed by atoms with Gasteiger partial charge in [0.25, 0.3) is 0 Å². The van der Waals surface area contributed by atoms with E-state index in [1.165, 1.54) is 14.2 Å². The van der Waals surface area contributed by atoms with E-state index in [-0.39, 0.29) is 0 Å². The molecule has 0 saturated heterocycles. The van der Waals surface area contributed by atoms with Crippen molar-refractivity contribution in [1.82, 2.24) is 0 Å². The third-order valence-corrected chi connectivity index (χ3v) is 3.44. The van der Waals surface area contributed by atoms with Gasteiger partial charge in [0, 0.05) is 0 Å². The van der Waals surface area contributed by atoms with Crippen molar-refractivity contribution in [3.63, 3.8) is 0 Å². The molecule has 0 aliphatic rings. The van der Waals surface area contributed by atoms with Crippen molar-refractivity contribution in [3.05, 3.63) is 5.53 Å². The zero-order valence-electron chi connectivity index (χ0n) is 7.07. The van der Waals surface area contributed by atoms with E-state index in [0.717, 1.165) is 6.92 Å². The molecule has 70 valence electrons. The van der Waals surface area contributed by atoms with E-state index in [1.54, 1.807) is 0 Å². The zero-order chi connectivity index (χ0) is 9.78. The summed E-state index contributed by atoms with van der Waals surface area (Å²) in [6.45, 7) is 1.14. The van der Waals surface area contributed by atoms with Gasteiger partial charge in [-0.15, -0.1) is 0 Å². The van der Waals surface area contributed by atoms with E-state index in [9.17, 15) is 9.69 Å². The van der Waals surface area contributed by atoms with Gasteiger partial charge in [-0.2, -0.15) is 0 Å². The summed E-state index contributed by atoms with van der Waals surface area (Å²) in [6, 6.07) is 0. The third kappa shape index (κ3) is 2.17. The summed E-state index contributed by atoms with van der Waals surface area (Å²) in [5, 5.41) is 0. The molecule has 0 fully saturated rings. The number of nitrogens with zero attached hydrogens (tertiary/aromatic N) is 2. The second-order valence-electron chi connectivity index (χ2n) is 1.99. The molecule has 0 amide bonds. The summed E-state index contributed by atoms with van der Waals surface area (Å²) in [5.74, 6) is -0.588. The quantitative estimate of drug-likeness (QED) is 0.294. The molecule has 0 saturated carbocycles. The molecule has 0 heterocycles. The van der Waals surface area contributed by atoms with Gasteiger partial charge < -0.3 is 0 Å². The normalized spacial score (nSPS) is 12.0. The third-order valence-electron chi connectivity index (χ3n) is 1.29. The number of Topliss-reactive ketones (excluding diaryl/α,β-unsaturated/α-hetero) is 1. The molecule has 0 unspecified atom stereocenters. The van der Waals surface area contributed by atoms with E-state index in [2.05, 4.69) is 13.8 Å². The van der Waals surface area contributed by atoms with Crippen molar-refractivity contribution in [3.8, 4) is 0 Å². The molecule has 0 aromatic rings. The number of hydrogen-bond donors (Lipinski definition) is 1. The Morgan fingerprint density at radius 2 is 1.92 bits per heavy atom. The summed E-state index contributed by atoms with van der Waals surface area (Å²) in [6.07, 6.45) is 0. The van der Waals surface area contributed by atoms with Crippen LogP contribution in [0, 0.1) is 0 Å². The first kappa shape index (κ1) is 11.4. The van der Waals surface area contributed by atoms with Gasteiger partial charge in [-0.3, -0.25) is 0 Å². The van der Waals surface area contributed by atoms with E-state index in [1.807, 2.05) is 0 Å². The number of carbonyl (C=O) groups excluding carboxylic acids is 1. The molecule has 6 nitrogen and oxygen atoms in total. The van der Waals surface area contributed by atoms with Crippen molar-refractivity contribution in [2.45, 2.75) is 6.92 Å². The van der Waals surface area contributed by atoms with Gasteiger partial charge >= 0.3 is 69.4 Å². The molecule has 0 radical (unpaired) electrons. The SMILES string of the molecule is CO[PH](O)(OC)C(=[N+]=[N-])C(C)=O. The van der Waals surface area contributed by atoms with Crippen molar-refractivity contribution in [2.75, 3.05) is 14.2 Å². The van der Waals surface area contributed by atoms with Gasteiger partial charge in [-0.25, -0.2) is 0 Å². The summed E-state index contributed by atoms with van der Waals surface area (Å²) in [7, 11) is -1.40. The summed E-state index contributed by atoms with van der Waals surface area (Å²) < 4.78 is 9.12. The van der Waals surface area contributed by atoms with Crippen LogP contribution in [0.4, 0.5) is 0 Å². The first-order valence-electron chi connectivity index (χ1n) is 3.08. The standard InChI is InChI=1S/C5H11N2O4P/c1-4(8)5(7-6)12(9,10-2)11-3/h9,12H,1-3H3. The van der Waals surface area contributed by atoms with E-state index in [0.29, 0.717) is 0 Å². The maximum absolute atomic E-state index is 10.8. The van der Waals surface area contributed by atoms with Crippen LogP contribution in [0.2, 0.25) is 0 Å². The molecule has 12 heavy (non-hydrogen) atoms. The number of hydrogen-bond acceptors (Lipinski definition) is 4. The minimum absolute atomic E-state index is 0.465. The van der Waals surface area contributed by atoms with Crippen molar-refractivity contribution >= 4 is 19.2 Å². The van der Waals surface area contributed by atoms with Crippen LogP contribution >= 0.6 is 7.94 Å².